The Labute approximate surface area is 255 Å². The molecule has 0 unspecified atom stereocenters. The summed E-state index contributed by atoms with van der Waals surface area (Å²) in [5.74, 6) is 4.03. The molecule has 4 aromatic carbocycles. The van der Waals surface area contributed by atoms with Gasteiger partial charge < -0.3 is 44.0 Å². The molecule has 226 valence electrons. The van der Waals surface area contributed by atoms with Crippen LogP contribution < -0.4 is 29.0 Å². The van der Waals surface area contributed by atoms with E-state index in [0.29, 0.717) is 66.1 Å². The van der Waals surface area contributed by atoms with Crippen molar-refractivity contribution in [2.45, 2.75) is 37.8 Å². The van der Waals surface area contributed by atoms with E-state index < -0.39 is 10.7 Å². The quantitative estimate of drug-likeness (QED) is 0.174. The first kappa shape index (κ1) is 27.1. The van der Waals surface area contributed by atoms with Gasteiger partial charge in [0.05, 0.1) is 33.4 Å². The van der Waals surface area contributed by atoms with Crippen molar-refractivity contribution in [1.29, 1.82) is 0 Å². The molecule has 10 rings (SSSR count). The zero-order valence-corrected chi connectivity index (χ0v) is 24.9. The third-order valence-electron chi connectivity index (χ3n) is 9.49. The summed E-state index contributed by atoms with van der Waals surface area (Å²) in [5.41, 5.74) is 5.75. The van der Waals surface area contributed by atoms with Gasteiger partial charge in [0.25, 0.3) is 0 Å². The van der Waals surface area contributed by atoms with Gasteiger partial charge in [-0.15, -0.1) is 0 Å². The van der Waals surface area contributed by atoms with E-state index in [0.717, 1.165) is 46.3 Å². The van der Waals surface area contributed by atoms with E-state index in [2.05, 4.69) is 17.4 Å². The van der Waals surface area contributed by atoms with Crippen molar-refractivity contribution in [2.24, 2.45) is 0 Å². The van der Waals surface area contributed by atoms with Gasteiger partial charge in [0.15, 0.2) is 34.5 Å². The summed E-state index contributed by atoms with van der Waals surface area (Å²) < 4.78 is 30.7. The number of aromatic hydroxyl groups is 1. The number of fused-ring (bicyclic) bond motifs is 1. The fourth-order valence-corrected chi connectivity index (χ4v) is 7.22. The van der Waals surface area contributed by atoms with Crippen LogP contribution in [0.25, 0.3) is 0 Å². The first-order valence-electron chi connectivity index (χ1n) is 15.0. The average Bonchev–Trinajstić information content (AvgIpc) is 3.02. The third kappa shape index (κ3) is 4.26. The van der Waals surface area contributed by atoms with Gasteiger partial charge >= 0.3 is 0 Å². The Morgan fingerprint density at radius 1 is 0.795 bits per heavy atom. The highest BCUT2D eigenvalue weighted by Gasteiger charge is 2.42. The molecule has 4 aromatic rings. The Morgan fingerprint density at radius 3 is 2.32 bits per heavy atom. The number of hydrogen-bond donors (Lipinski definition) is 2. The van der Waals surface area contributed by atoms with E-state index in [1.807, 2.05) is 36.4 Å². The highest BCUT2D eigenvalue weighted by atomic mass is 16.6. The highest BCUT2D eigenvalue weighted by molar-refractivity contribution is 5.71. The van der Waals surface area contributed by atoms with Crippen molar-refractivity contribution in [3.05, 3.63) is 93.2 Å². The lowest BCUT2D eigenvalue weighted by molar-refractivity contribution is -0.894. The van der Waals surface area contributed by atoms with Crippen LogP contribution in [0.15, 0.2) is 54.6 Å². The minimum atomic E-state index is -0.517. The van der Waals surface area contributed by atoms with Crippen LogP contribution in [0.5, 0.6) is 51.7 Å². The van der Waals surface area contributed by atoms with Gasteiger partial charge in [-0.2, -0.15) is 0 Å². The Hall–Kier alpha value is -4.44. The first-order chi connectivity index (χ1) is 21.3. The molecule has 0 aliphatic carbocycles. The molecule has 44 heavy (non-hydrogen) atoms. The molecule has 9 nitrogen and oxygen atoms in total. The van der Waals surface area contributed by atoms with Gasteiger partial charge in [-0.1, -0.05) is 18.2 Å². The lowest BCUT2D eigenvalue weighted by atomic mass is 9.86. The number of phenolic OH excluding ortho intramolecular Hbond substituents is 1. The zero-order valence-electron chi connectivity index (χ0n) is 24.9. The summed E-state index contributed by atoms with van der Waals surface area (Å²) in [6, 6.07) is 17.0. The Balaban J connectivity index is 1.38. The zero-order chi connectivity index (χ0) is 30.2. The number of quaternary nitrogens is 1. The minimum absolute atomic E-state index is 0.0176. The molecule has 2 N–H and O–H groups in total. The molecule has 6 aliphatic heterocycles. The van der Waals surface area contributed by atoms with Gasteiger partial charge in [-0.25, -0.2) is 0 Å². The minimum Gasteiger partial charge on any atom is -0.633 e. The summed E-state index contributed by atoms with van der Waals surface area (Å²) in [6.45, 7) is 1.16. The van der Waals surface area contributed by atoms with E-state index in [1.165, 1.54) is 0 Å². The number of methoxy groups -OCH3 is 2. The van der Waals surface area contributed by atoms with Crippen LogP contribution in [0, 0.1) is 5.21 Å². The Morgan fingerprint density at radius 2 is 1.52 bits per heavy atom. The van der Waals surface area contributed by atoms with Crippen molar-refractivity contribution in [2.75, 3.05) is 34.4 Å². The number of nitrogens with one attached hydrogen (secondary N) is 1. The van der Waals surface area contributed by atoms with Gasteiger partial charge in [-0.3, -0.25) is 0 Å². The third-order valence-corrected chi connectivity index (χ3v) is 9.49. The van der Waals surface area contributed by atoms with Crippen LogP contribution in [-0.2, 0) is 25.7 Å². The number of rotatable bonds is 2. The molecule has 0 aromatic heterocycles. The lowest BCUT2D eigenvalue weighted by Gasteiger charge is -2.50. The van der Waals surface area contributed by atoms with Crippen molar-refractivity contribution in [3.8, 4) is 51.7 Å². The fraction of sp³-hybridized carbons (Fsp3) is 0.314. The Bertz CT molecular complexity index is 1800. The smallest absolute Gasteiger partial charge is 0.212 e. The van der Waals surface area contributed by atoms with E-state index in [9.17, 15) is 10.3 Å². The van der Waals surface area contributed by atoms with Crippen LogP contribution in [0.3, 0.4) is 0 Å². The van der Waals surface area contributed by atoms with Crippen LogP contribution in [0.4, 0.5) is 0 Å². The maximum Gasteiger partial charge on any atom is 0.212 e. The number of nitrogens with zero attached hydrogens (tertiary/aromatic N) is 1. The number of phenols is 1. The second-order valence-corrected chi connectivity index (χ2v) is 12.2. The fourth-order valence-electron chi connectivity index (χ4n) is 7.22. The highest BCUT2D eigenvalue weighted by Crippen LogP contribution is 2.60. The normalized spacial score (nSPS) is 22.6. The predicted octanol–water partition coefficient (Wildman–Crippen LogP) is 6.63. The molecule has 3 atom stereocenters. The van der Waals surface area contributed by atoms with Crippen LogP contribution in [-0.4, -0.2) is 44.1 Å². The van der Waals surface area contributed by atoms with Gasteiger partial charge in [0, 0.05) is 24.4 Å². The average molecular weight is 595 g/mol. The second kappa shape index (κ2) is 10.1. The van der Waals surface area contributed by atoms with E-state index in [-0.39, 0.29) is 17.5 Å². The SMILES string of the molecule is COc1ccc2cc1Oc1ccc(cc1)C[C@H]1NCCc3cc(O)c4c(c31)Oc1c(OC)cc3c(c1O4)[C@H](C2)[N@@+](C)([O-])CC3. The molecule has 10 bridgehead atoms. The molecule has 0 saturated carbocycles. The number of benzene rings is 4. The molecule has 9 heteroatoms. The lowest BCUT2D eigenvalue weighted by Crippen LogP contribution is -2.47. The van der Waals surface area contributed by atoms with Crippen molar-refractivity contribution >= 4 is 0 Å². The molecular weight excluding hydrogens is 560 g/mol. The monoisotopic (exact) mass is 594 g/mol. The largest absolute Gasteiger partial charge is 0.633 e. The Kier molecular flexibility index (Phi) is 6.20. The second-order valence-electron chi connectivity index (χ2n) is 12.2. The number of ether oxygens (including phenoxy) is 5. The van der Waals surface area contributed by atoms with Crippen molar-refractivity contribution in [3.63, 3.8) is 0 Å². The van der Waals surface area contributed by atoms with Crippen LogP contribution in [0.1, 0.15) is 45.5 Å². The summed E-state index contributed by atoms with van der Waals surface area (Å²) in [7, 11) is 4.94. The molecule has 0 spiro atoms. The van der Waals surface area contributed by atoms with Crippen molar-refractivity contribution in [1.82, 2.24) is 5.32 Å². The molecular formula is C35H34N2O7. The number of hydrogen-bond acceptors (Lipinski definition) is 8. The van der Waals surface area contributed by atoms with Crippen molar-refractivity contribution < 1.29 is 33.4 Å². The predicted molar refractivity (Wildman–Crippen MR) is 163 cm³/mol. The van der Waals surface area contributed by atoms with Gasteiger partial charge in [-0.05, 0) is 78.0 Å². The topological polar surface area (TPSA) is 101 Å². The molecule has 0 amide bonds. The maximum absolute atomic E-state index is 14.2. The summed E-state index contributed by atoms with van der Waals surface area (Å²) in [6.07, 6.45) is 2.41. The molecule has 0 fully saturated rings. The molecule has 0 saturated heterocycles. The summed E-state index contributed by atoms with van der Waals surface area (Å²) >= 11 is 0. The number of hydroxylamine groups is 3. The number of likely N-dealkylation sites (N-methyl/N-ethyl adjacent to an activating group) is 1. The standard InChI is InChI=1S/C35H34N2O7/c1-37(39)13-11-22-18-29(41-3)33-35-31(22)25(37)15-20-6-9-27(40-2)28(16-20)42-23-7-4-19(5-8-23)14-24-30-21(10-12-36-24)17-26(38)32(43-35)34(30)44-33/h4-9,16-18,24-25,36,38H,10-15H2,1-3H3/t24-,25+,37+/m1/s1. The van der Waals surface area contributed by atoms with E-state index in [4.69, 9.17) is 23.7 Å². The van der Waals surface area contributed by atoms with Gasteiger partial charge in [0.2, 0.25) is 11.5 Å². The molecule has 6 aliphatic rings. The maximum atomic E-state index is 14.2. The van der Waals surface area contributed by atoms with Crippen LogP contribution >= 0.6 is 0 Å². The first-order valence-corrected chi connectivity index (χ1v) is 15.0. The van der Waals surface area contributed by atoms with E-state index >= 15 is 0 Å². The van der Waals surface area contributed by atoms with Gasteiger partial charge in [0.1, 0.15) is 11.8 Å². The van der Waals surface area contributed by atoms with E-state index in [1.54, 1.807) is 27.3 Å². The molecule has 0 radical (unpaired) electrons. The molecule has 6 heterocycles. The summed E-state index contributed by atoms with van der Waals surface area (Å²) in [4.78, 5) is 0. The summed E-state index contributed by atoms with van der Waals surface area (Å²) in [5, 5.41) is 29.1. The van der Waals surface area contributed by atoms with Crippen LogP contribution in [0.2, 0.25) is 0 Å².